The number of hydrazone groups is 1. The van der Waals surface area contributed by atoms with Crippen molar-refractivity contribution < 1.29 is 38.1 Å². The number of ether oxygens (including phenoxy) is 5. The van der Waals surface area contributed by atoms with Crippen molar-refractivity contribution in [3.8, 4) is 29.1 Å². The number of carbonyl (C=O) groups is 3. The molecule has 3 aromatic rings. The van der Waals surface area contributed by atoms with Crippen LogP contribution < -0.4 is 35.0 Å². The average molecular weight is 642 g/mol. The van der Waals surface area contributed by atoms with Gasteiger partial charge >= 0.3 is 12.0 Å². The number of hydrogen-bond acceptors (Lipinski definition) is 10. The lowest BCUT2D eigenvalue weighted by molar-refractivity contribution is -0.139. The summed E-state index contributed by atoms with van der Waals surface area (Å²) in [5.74, 6) is 0.454. The van der Waals surface area contributed by atoms with Crippen LogP contribution in [0.3, 0.4) is 0 Å². The number of rotatable bonds is 14. The highest BCUT2D eigenvalue weighted by molar-refractivity contribution is 5.95. The lowest BCUT2D eigenvalue weighted by atomic mass is 9.95. The molecule has 1 heterocycles. The van der Waals surface area contributed by atoms with E-state index in [0.717, 1.165) is 5.56 Å². The fraction of sp³-hybridized carbons (Fsp3) is 0.265. The summed E-state index contributed by atoms with van der Waals surface area (Å²) in [5, 5.41) is 18.6. The van der Waals surface area contributed by atoms with Crippen LogP contribution in [0, 0.1) is 11.3 Å². The largest absolute Gasteiger partial charge is 0.493 e. The van der Waals surface area contributed by atoms with Crippen LogP contribution in [0.25, 0.3) is 0 Å². The number of hydrogen-bond donors (Lipinski definition) is 3. The maximum atomic E-state index is 12.6. The Balaban J connectivity index is 1.37. The minimum atomic E-state index is -0.785. The van der Waals surface area contributed by atoms with E-state index in [0.29, 0.717) is 40.5 Å². The molecule has 3 N–H and O–H groups in total. The maximum Gasteiger partial charge on any atom is 0.338 e. The van der Waals surface area contributed by atoms with Crippen LogP contribution in [0.15, 0.2) is 77.0 Å². The van der Waals surface area contributed by atoms with Crippen molar-refractivity contribution in [3.63, 3.8) is 0 Å². The van der Waals surface area contributed by atoms with Crippen LogP contribution in [0.4, 0.5) is 4.79 Å². The van der Waals surface area contributed by atoms with Crippen molar-refractivity contribution in [2.24, 2.45) is 5.10 Å². The summed E-state index contributed by atoms with van der Waals surface area (Å²) < 4.78 is 27.9. The summed E-state index contributed by atoms with van der Waals surface area (Å²) in [7, 11) is 1.43. The first-order valence-electron chi connectivity index (χ1n) is 14.7. The van der Waals surface area contributed by atoms with Gasteiger partial charge in [-0.25, -0.2) is 15.0 Å². The van der Waals surface area contributed by atoms with E-state index >= 15 is 0 Å². The van der Waals surface area contributed by atoms with Gasteiger partial charge < -0.3 is 34.3 Å². The molecular weight excluding hydrogens is 606 g/mol. The van der Waals surface area contributed by atoms with E-state index in [4.69, 9.17) is 23.7 Å². The van der Waals surface area contributed by atoms with Crippen molar-refractivity contribution in [2.45, 2.75) is 33.4 Å². The summed E-state index contributed by atoms with van der Waals surface area (Å²) in [6, 6.07) is 18.1. The Morgan fingerprint density at radius 1 is 0.979 bits per heavy atom. The molecule has 0 unspecified atom stereocenters. The number of urea groups is 1. The second kappa shape index (κ2) is 16.3. The third kappa shape index (κ3) is 8.79. The molecule has 1 aliphatic heterocycles. The van der Waals surface area contributed by atoms with Crippen molar-refractivity contribution >= 4 is 24.1 Å². The average Bonchev–Trinajstić information content (AvgIpc) is 3.06. The van der Waals surface area contributed by atoms with Gasteiger partial charge in [0, 0.05) is 11.3 Å². The second-order valence-electron chi connectivity index (χ2n) is 9.98. The topological polar surface area (TPSA) is 170 Å². The number of carbonyl (C=O) groups excluding carboxylic acids is 3. The Labute approximate surface area is 272 Å². The molecule has 244 valence electrons. The van der Waals surface area contributed by atoms with Gasteiger partial charge in [-0.3, -0.25) is 4.79 Å². The molecule has 0 radical (unpaired) electrons. The van der Waals surface area contributed by atoms with Crippen LogP contribution in [0.2, 0.25) is 0 Å². The van der Waals surface area contributed by atoms with Gasteiger partial charge in [0.2, 0.25) is 0 Å². The minimum absolute atomic E-state index is 0.175. The quantitative estimate of drug-likeness (QED) is 0.132. The van der Waals surface area contributed by atoms with Gasteiger partial charge in [-0.15, -0.1) is 0 Å². The molecule has 3 amide bonds. The van der Waals surface area contributed by atoms with E-state index in [1.165, 1.54) is 13.3 Å². The minimum Gasteiger partial charge on any atom is -0.493 e. The molecule has 47 heavy (non-hydrogen) atoms. The Kier molecular flexibility index (Phi) is 11.8. The molecular formula is C34H35N5O8. The molecule has 0 bridgehead atoms. The zero-order chi connectivity index (χ0) is 33.8. The molecule has 3 aromatic carbocycles. The van der Waals surface area contributed by atoms with Gasteiger partial charge in [-0.2, -0.15) is 10.4 Å². The molecule has 4 rings (SSSR count). The third-order valence-corrected chi connectivity index (χ3v) is 6.84. The number of amides is 3. The molecule has 0 saturated carbocycles. The van der Waals surface area contributed by atoms with Crippen LogP contribution in [0.1, 0.15) is 49.1 Å². The number of nitrogens with zero attached hydrogens (tertiary/aromatic N) is 2. The zero-order valence-corrected chi connectivity index (χ0v) is 26.4. The maximum absolute atomic E-state index is 12.6. The van der Waals surface area contributed by atoms with E-state index in [2.05, 4.69) is 27.2 Å². The van der Waals surface area contributed by atoms with Gasteiger partial charge in [0.25, 0.3) is 5.91 Å². The van der Waals surface area contributed by atoms with E-state index < -0.39 is 23.9 Å². The van der Waals surface area contributed by atoms with Crippen LogP contribution in [-0.2, 0) is 20.9 Å². The van der Waals surface area contributed by atoms with Gasteiger partial charge in [0.1, 0.15) is 6.61 Å². The molecule has 0 fully saturated rings. The molecule has 0 saturated heterocycles. The Morgan fingerprint density at radius 3 is 2.49 bits per heavy atom. The highest BCUT2D eigenvalue weighted by Crippen LogP contribution is 2.35. The van der Waals surface area contributed by atoms with Gasteiger partial charge in [-0.1, -0.05) is 24.3 Å². The van der Waals surface area contributed by atoms with Gasteiger partial charge in [0.15, 0.2) is 29.6 Å². The van der Waals surface area contributed by atoms with Crippen molar-refractivity contribution in [1.82, 2.24) is 16.1 Å². The number of esters is 1. The number of benzene rings is 3. The first-order valence-corrected chi connectivity index (χ1v) is 14.7. The summed E-state index contributed by atoms with van der Waals surface area (Å²) >= 11 is 0. The second-order valence-corrected chi connectivity index (χ2v) is 9.98. The Bertz CT molecular complexity index is 1730. The van der Waals surface area contributed by atoms with E-state index in [9.17, 15) is 19.6 Å². The fourth-order valence-corrected chi connectivity index (χ4v) is 4.66. The molecule has 1 atom stereocenters. The lowest BCUT2D eigenvalue weighted by Crippen LogP contribution is -2.45. The van der Waals surface area contributed by atoms with E-state index in [-0.39, 0.29) is 36.9 Å². The molecule has 0 aliphatic carbocycles. The van der Waals surface area contributed by atoms with Gasteiger partial charge in [0.05, 0.1) is 49.8 Å². The summed E-state index contributed by atoms with van der Waals surface area (Å²) in [4.78, 5) is 37.3. The zero-order valence-electron chi connectivity index (χ0n) is 26.4. The first kappa shape index (κ1) is 33.9. The SMILES string of the molecule is CCOC(=O)C1=C(C)NC(=O)N[C@@H]1c1ccc(OCC(=O)N/N=C\c2ccc(OCc3ccccc3C#N)c(OCC)c2)c(OC)c1. The van der Waals surface area contributed by atoms with Gasteiger partial charge in [-0.05, 0) is 68.3 Å². The fourth-order valence-electron chi connectivity index (χ4n) is 4.66. The molecule has 0 aromatic heterocycles. The standard InChI is InChI=1S/C34H35N5O8/c1-5-44-29-15-22(11-13-27(29)46-19-25-10-8-7-9-24(25)17-35)18-36-39-30(40)20-47-26-14-12-23(16-28(26)43-4)32-31(33(41)45-6-2)21(3)37-34(42)38-32/h7-16,18,32H,5-6,19-20H2,1-4H3,(H,39,40)(H2,37,38,42)/b36-18-/t32-/m1/s1. The van der Waals surface area contributed by atoms with Crippen LogP contribution >= 0.6 is 0 Å². The Hall–Kier alpha value is -6.03. The normalized spacial score (nSPS) is 14.0. The van der Waals surface area contributed by atoms with E-state index in [1.807, 2.05) is 19.1 Å². The predicted molar refractivity (Wildman–Crippen MR) is 171 cm³/mol. The monoisotopic (exact) mass is 641 g/mol. The van der Waals surface area contributed by atoms with Crippen molar-refractivity contribution in [1.29, 1.82) is 5.26 Å². The Morgan fingerprint density at radius 2 is 1.74 bits per heavy atom. The highest BCUT2D eigenvalue weighted by atomic mass is 16.5. The molecule has 13 nitrogen and oxygen atoms in total. The van der Waals surface area contributed by atoms with Crippen LogP contribution in [-0.4, -0.2) is 51.1 Å². The number of nitrogens with one attached hydrogen (secondary N) is 3. The third-order valence-electron chi connectivity index (χ3n) is 6.84. The first-order chi connectivity index (χ1) is 22.8. The predicted octanol–water partition coefficient (Wildman–Crippen LogP) is 4.26. The van der Waals surface area contributed by atoms with E-state index in [1.54, 1.807) is 62.4 Å². The van der Waals surface area contributed by atoms with Crippen LogP contribution in [0.5, 0.6) is 23.0 Å². The summed E-state index contributed by atoms with van der Waals surface area (Å²) in [5.41, 5.74) is 5.55. The molecule has 1 aliphatic rings. The number of methoxy groups -OCH3 is 1. The summed E-state index contributed by atoms with van der Waals surface area (Å²) in [6.45, 7) is 5.57. The summed E-state index contributed by atoms with van der Waals surface area (Å²) in [6.07, 6.45) is 1.45. The smallest absolute Gasteiger partial charge is 0.338 e. The number of allylic oxidation sites excluding steroid dienone is 1. The lowest BCUT2D eigenvalue weighted by Gasteiger charge is -2.28. The molecule has 0 spiro atoms. The van der Waals surface area contributed by atoms with Crippen molar-refractivity contribution in [3.05, 3.63) is 94.2 Å². The van der Waals surface area contributed by atoms with Crippen molar-refractivity contribution in [2.75, 3.05) is 26.9 Å². The highest BCUT2D eigenvalue weighted by Gasteiger charge is 2.32. The number of nitriles is 1. The molecule has 13 heteroatoms.